The quantitative estimate of drug-likeness (QED) is 0.769. The number of aryl methyl sites for hydroxylation is 1. The lowest BCUT2D eigenvalue weighted by Gasteiger charge is -2.20. The van der Waals surface area contributed by atoms with Crippen LogP contribution in [0, 0.1) is 6.92 Å². The SMILES string of the molecule is CCOC(CN)CCN(C)Cc1scnc1C. The van der Waals surface area contributed by atoms with E-state index in [1.165, 1.54) is 4.88 Å². The maximum absolute atomic E-state index is 5.65. The Labute approximate surface area is 108 Å². The molecule has 1 aromatic heterocycles. The summed E-state index contributed by atoms with van der Waals surface area (Å²) in [6.45, 7) is 7.36. The van der Waals surface area contributed by atoms with Gasteiger partial charge in [-0.1, -0.05) is 0 Å². The summed E-state index contributed by atoms with van der Waals surface area (Å²) in [7, 11) is 2.12. The molecule has 0 bridgehead atoms. The van der Waals surface area contributed by atoms with Crippen molar-refractivity contribution in [3.05, 3.63) is 16.1 Å². The molecule has 1 atom stereocenters. The van der Waals surface area contributed by atoms with Crippen LogP contribution in [0.3, 0.4) is 0 Å². The minimum Gasteiger partial charge on any atom is -0.377 e. The molecule has 0 saturated heterocycles. The zero-order valence-electron chi connectivity index (χ0n) is 11.0. The van der Waals surface area contributed by atoms with Gasteiger partial charge >= 0.3 is 0 Å². The molecular formula is C12H23N3OS. The summed E-state index contributed by atoms with van der Waals surface area (Å²) in [6, 6.07) is 0. The highest BCUT2D eigenvalue weighted by Crippen LogP contribution is 2.14. The smallest absolute Gasteiger partial charge is 0.0798 e. The molecule has 98 valence electrons. The molecule has 0 amide bonds. The van der Waals surface area contributed by atoms with Crippen molar-refractivity contribution in [2.24, 2.45) is 5.73 Å². The second kappa shape index (κ2) is 7.76. The van der Waals surface area contributed by atoms with Crippen LogP contribution >= 0.6 is 11.3 Å². The predicted octanol–water partition coefficient (Wildman–Crippen LogP) is 1.64. The maximum atomic E-state index is 5.65. The van der Waals surface area contributed by atoms with Crippen LogP contribution in [0.5, 0.6) is 0 Å². The first kappa shape index (κ1) is 14.6. The molecule has 0 radical (unpaired) electrons. The van der Waals surface area contributed by atoms with Gasteiger partial charge in [0.05, 0.1) is 17.3 Å². The Bertz CT molecular complexity index is 316. The summed E-state index contributed by atoms with van der Waals surface area (Å²) >= 11 is 1.72. The standard InChI is InChI=1S/C12H23N3OS/c1-4-16-11(7-13)5-6-15(3)8-12-10(2)14-9-17-12/h9,11H,4-8,13H2,1-3H3. The summed E-state index contributed by atoms with van der Waals surface area (Å²) < 4.78 is 5.54. The molecule has 17 heavy (non-hydrogen) atoms. The van der Waals surface area contributed by atoms with Crippen LogP contribution < -0.4 is 5.73 Å². The van der Waals surface area contributed by atoms with Crippen molar-refractivity contribution >= 4 is 11.3 Å². The summed E-state index contributed by atoms with van der Waals surface area (Å²) in [5, 5.41) is 0. The monoisotopic (exact) mass is 257 g/mol. The van der Waals surface area contributed by atoms with Gasteiger partial charge < -0.3 is 15.4 Å². The van der Waals surface area contributed by atoms with Gasteiger partial charge in [-0.2, -0.15) is 0 Å². The number of nitrogens with zero attached hydrogens (tertiary/aromatic N) is 2. The normalized spacial score (nSPS) is 13.2. The van der Waals surface area contributed by atoms with Gasteiger partial charge in [-0.15, -0.1) is 11.3 Å². The molecule has 0 fully saturated rings. The average molecular weight is 257 g/mol. The Hall–Kier alpha value is -0.490. The van der Waals surface area contributed by atoms with Crippen molar-refractivity contribution in [1.29, 1.82) is 0 Å². The Kier molecular flexibility index (Phi) is 6.65. The predicted molar refractivity (Wildman–Crippen MR) is 72.3 cm³/mol. The molecule has 0 aliphatic heterocycles. The zero-order chi connectivity index (χ0) is 12.7. The molecule has 1 rings (SSSR count). The van der Waals surface area contributed by atoms with Crippen LogP contribution in [0.25, 0.3) is 0 Å². The van der Waals surface area contributed by atoms with Crippen LogP contribution in [0.4, 0.5) is 0 Å². The van der Waals surface area contributed by atoms with Crippen molar-refractivity contribution in [1.82, 2.24) is 9.88 Å². The van der Waals surface area contributed by atoms with E-state index in [0.29, 0.717) is 6.54 Å². The van der Waals surface area contributed by atoms with E-state index in [9.17, 15) is 0 Å². The van der Waals surface area contributed by atoms with E-state index < -0.39 is 0 Å². The highest BCUT2D eigenvalue weighted by Gasteiger charge is 2.09. The number of nitrogens with two attached hydrogens (primary N) is 1. The Morgan fingerprint density at radius 1 is 1.59 bits per heavy atom. The molecule has 5 heteroatoms. The fraction of sp³-hybridized carbons (Fsp3) is 0.750. The number of rotatable bonds is 8. The van der Waals surface area contributed by atoms with Gasteiger partial charge in [-0.05, 0) is 27.3 Å². The average Bonchev–Trinajstić information content (AvgIpc) is 2.70. The molecule has 1 heterocycles. The summed E-state index contributed by atoms with van der Waals surface area (Å²) in [6.07, 6.45) is 1.17. The van der Waals surface area contributed by atoms with Gasteiger partial charge in [-0.25, -0.2) is 4.98 Å². The highest BCUT2D eigenvalue weighted by atomic mass is 32.1. The number of aromatic nitrogens is 1. The molecule has 0 spiro atoms. The zero-order valence-corrected chi connectivity index (χ0v) is 11.8. The van der Waals surface area contributed by atoms with Gasteiger partial charge in [-0.3, -0.25) is 0 Å². The van der Waals surface area contributed by atoms with E-state index in [2.05, 4.69) is 23.9 Å². The molecular weight excluding hydrogens is 234 g/mol. The van der Waals surface area contributed by atoms with E-state index in [4.69, 9.17) is 10.5 Å². The second-order valence-electron chi connectivity index (χ2n) is 4.20. The lowest BCUT2D eigenvalue weighted by Crippen LogP contribution is -2.29. The molecule has 2 N–H and O–H groups in total. The minimum absolute atomic E-state index is 0.185. The van der Waals surface area contributed by atoms with E-state index in [-0.39, 0.29) is 6.10 Å². The van der Waals surface area contributed by atoms with Gasteiger partial charge in [0.2, 0.25) is 0 Å². The number of thiazole rings is 1. The van der Waals surface area contributed by atoms with Crippen molar-refractivity contribution < 1.29 is 4.74 Å². The van der Waals surface area contributed by atoms with Crippen LogP contribution in [-0.2, 0) is 11.3 Å². The second-order valence-corrected chi connectivity index (χ2v) is 5.14. The summed E-state index contributed by atoms with van der Waals surface area (Å²) in [5.41, 5.74) is 8.70. The van der Waals surface area contributed by atoms with E-state index in [1.54, 1.807) is 11.3 Å². The minimum atomic E-state index is 0.185. The van der Waals surface area contributed by atoms with Crippen LogP contribution in [0.15, 0.2) is 5.51 Å². The van der Waals surface area contributed by atoms with Gasteiger partial charge in [0.15, 0.2) is 0 Å². The molecule has 4 nitrogen and oxygen atoms in total. The van der Waals surface area contributed by atoms with Gasteiger partial charge in [0, 0.05) is 31.1 Å². The molecule has 0 saturated carbocycles. The first-order valence-corrected chi connectivity index (χ1v) is 6.94. The van der Waals surface area contributed by atoms with E-state index in [1.807, 2.05) is 12.4 Å². The van der Waals surface area contributed by atoms with Gasteiger partial charge in [0.1, 0.15) is 0 Å². The Balaban J connectivity index is 2.29. The molecule has 1 aromatic rings. The van der Waals surface area contributed by atoms with Crippen LogP contribution in [0.1, 0.15) is 23.9 Å². The van der Waals surface area contributed by atoms with E-state index >= 15 is 0 Å². The Morgan fingerprint density at radius 3 is 2.88 bits per heavy atom. The number of hydrogen-bond acceptors (Lipinski definition) is 5. The molecule has 0 aliphatic rings. The molecule has 1 unspecified atom stereocenters. The first-order chi connectivity index (χ1) is 8.17. The lowest BCUT2D eigenvalue weighted by molar-refractivity contribution is 0.0559. The highest BCUT2D eigenvalue weighted by molar-refractivity contribution is 7.09. The third kappa shape index (κ3) is 5.12. The van der Waals surface area contributed by atoms with Crippen molar-refractivity contribution in [3.8, 4) is 0 Å². The van der Waals surface area contributed by atoms with Crippen LogP contribution in [0.2, 0.25) is 0 Å². The van der Waals surface area contributed by atoms with Crippen molar-refractivity contribution in [3.63, 3.8) is 0 Å². The largest absolute Gasteiger partial charge is 0.377 e. The van der Waals surface area contributed by atoms with E-state index in [0.717, 1.165) is 31.8 Å². The lowest BCUT2D eigenvalue weighted by atomic mass is 10.2. The fourth-order valence-corrected chi connectivity index (χ4v) is 2.53. The van der Waals surface area contributed by atoms with Crippen LogP contribution in [-0.4, -0.2) is 42.7 Å². The molecule has 0 aromatic carbocycles. The summed E-state index contributed by atoms with van der Waals surface area (Å²) in [4.78, 5) is 7.89. The number of hydrogen-bond donors (Lipinski definition) is 1. The topological polar surface area (TPSA) is 51.4 Å². The summed E-state index contributed by atoms with van der Waals surface area (Å²) in [5.74, 6) is 0. The fourth-order valence-electron chi connectivity index (χ4n) is 1.67. The maximum Gasteiger partial charge on any atom is 0.0798 e. The molecule has 0 aliphatic carbocycles. The first-order valence-electron chi connectivity index (χ1n) is 6.06. The van der Waals surface area contributed by atoms with Gasteiger partial charge in [0.25, 0.3) is 0 Å². The van der Waals surface area contributed by atoms with Crippen molar-refractivity contribution in [2.45, 2.75) is 32.9 Å². The van der Waals surface area contributed by atoms with Crippen molar-refractivity contribution in [2.75, 3.05) is 26.7 Å². The third-order valence-corrected chi connectivity index (χ3v) is 3.68. The Morgan fingerprint density at radius 2 is 2.35 bits per heavy atom. The third-order valence-electron chi connectivity index (χ3n) is 2.76. The number of ether oxygens (including phenoxy) is 1.